The molecule has 0 bridgehead atoms. The van der Waals surface area contributed by atoms with Gasteiger partial charge in [0.1, 0.15) is 18.2 Å². The second-order valence-electron chi connectivity index (χ2n) is 7.46. The van der Waals surface area contributed by atoms with E-state index in [1.807, 2.05) is 0 Å². The highest BCUT2D eigenvalue weighted by atomic mass is 19.1. The highest BCUT2D eigenvalue weighted by Gasteiger charge is 2.43. The van der Waals surface area contributed by atoms with Gasteiger partial charge in [-0.2, -0.15) is 0 Å². The number of piperidine rings is 1. The Morgan fingerprint density at radius 1 is 1.14 bits per heavy atom. The molecule has 4 rings (SSSR count). The van der Waals surface area contributed by atoms with Gasteiger partial charge >= 0.3 is 0 Å². The number of likely N-dealkylation sites (tertiary alicyclic amines) is 1. The lowest BCUT2D eigenvalue weighted by Gasteiger charge is -2.47. The summed E-state index contributed by atoms with van der Waals surface area (Å²) in [7, 11) is 1.57. The van der Waals surface area contributed by atoms with Crippen LogP contribution in [0, 0.1) is 5.82 Å². The molecule has 2 aliphatic heterocycles. The van der Waals surface area contributed by atoms with Crippen LogP contribution >= 0.6 is 0 Å². The molecule has 2 fully saturated rings. The number of halogens is 1. The van der Waals surface area contributed by atoms with Crippen molar-refractivity contribution in [1.82, 2.24) is 4.90 Å². The van der Waals surface area contributed by atoms with Crippen LogP contribution in [-0.4, -0.2) is 55.7 Å². The van der Waals surface area contributed by atoms with Crippen LogP contribution in [-0.2, 0) is 9.53 Å². The zero-order chi connectivity index (χ0) is 20.4. The molecule has 7 heteroatoms. The van der Waals surface area contributed by atoms with Crippen LogP contribution in [0.1, 0.15) is 23.2 Å². The van der Waals surface area contributed by atoms with Crippen molar-refractivity contribution in [3.05, 3.63) is 59.9 Å². The lowest BCUT2D eigenvalue weighted by atomic mass is 9.88. The molecule has 152 valence electrons. The highest BCUT2D eigenvalue weighted by Crippen LogP contribution is 2.33. The Morgan fingerprint density at radius 2 is 1.90 bits per heavy atom. The van der Waals surface area contributed by atoms with Crippen molar-refractivity contribution in [3.63, 3.8) is 0 Å². The average Bonchev–Trinajstić information content (AvgIpc) is 2.76. The van der Waals surface area contributed by atoms with Gasteiger partial charge in [0.05, 0.1) is 19.3 Å². The molecular weight excluding hydrogens is 375 g/mol. The van der Waals surface area contributed by atoms with Gasteiger partial charge in [0.25, 0.3) is 11.8 Å². The van der Waals surface area contributed by atoms with Gasteiger partial charge in [-0.3, -0.25) is 9.59 Å². The number of morpholine rings is 1. The summed E-state index contributed by atoms with van der Waals surface area (Å²) in [6.45, 7) is 1.37. The quantitative estimate of drug-likeness (QED) is 0.798. The minimum atomic E-state index is -0.522. The Hall–Kier alpha value is -2.93. The minimum Gasteiger partial charge on any atom is -0.497 e. The predicted molar refractivity (Wildman–Crippen MR) is 106 cm³/mol. The number of rotatable bonds is 3. The first-order valence-electron chi connectivity index (χ1n) is 9.63. The Morgan fingerprint density at radius 3 is 2.62 bits per heavy atom. The molecule has 2 amide bonds. The van der Waals surface area contributed by atoms with E-state index >= 15 is 0 Å². The van der Waals surface area contributed by atoms with E-state index in [0.29, 0.717) is 49.5 Å². The van der Waals surface area contributed by atoms with Gasteiger partial charge in [0.2, 0.25) is 0 Å². The third-order valence-corrected chi connectivity index (χ3v) is 5.65. The minimum absolute atomic E-state index is 0.0413. The molecule has 0 aliphatic carbocycles. The highest BCUT2D eigenvalue weighted by molar-refractivity contribution is 5.96. The molecule has 2 heterocycles. The van der Waals surface area contributed by atoms with Crippen molar-refractivity contribution in [2.75, 3.05) is 38.3 Å². The number of amides is 2. The van der Waals surface area contributed by atoms with E-state index < -0.39 is 5.60 Å². The molecule has 0 N–H and O–H groups in total. The number of benzene rings is 2. The smallest absolute Gasteiger partial charge is 0.253 e. The van der Waals surface area contributed by atoms with E-state index in [4.69, 9.17) is 9.47 Å². The lowest BCUT2D eigenvalue weighted by Crippen LogP contribution is -2.59. The normalized spacial score (nSPS) is 18.8. The fourth-order valence-electron chi connectivity index (χ4n) is 3.95. The number of anilines is 1. The molecule has 2 aromatic rings. The largest absolute Gasteiger partial charge is 0.497 e. The first kappa shape index (κ1) is 19.4. The van der Waals surface area contributed by atoms with E-state index in [1.54, 1.807) is 53.3 Å². The molecule has 0 unspecified atom stereocenters. The average molecular weight is 398 g/mol. The topological polar surface area (TPSA) is 59.1 Å². The van der Waals surface area contributed by atoms with E-state index in [2.05, 4.69) is 0 Å². The number of carbonyl (C=O) groups is 2. The summed E-state index contributed by atoms with van der Waals surface area (Å²) in [5.74, 6) is 0.0301. The number of ether oxygens (including phenoxy) is 2. The van der Waals surface area contributed by atoms with E-state index in [0.717, 1.165) is 0 Å². The molecule has 2 aliphatic rings. The van der Waals surface area contributed by atoms with Crippen molar-refractivity contribution in [2.24, 2.45) is 0 Å². The zero-order valence-electron chi connectivity index (χ0n) is 16.3. The molecule has 2 aromatic carbocycles. The van der Waals surface area contributed by atoms with Gasteiger partial charge in [-0.25, -0.2) is 4.39 Å². The van der Waals surface area contributed by atoms with Crippen LogP contribution < -0.4 is 9.64 Å². The van der Waals surface area contributed by atoms with E-state index in [9.17, 15) is 14.0 Å². The van der Waals surface area contributed by atoms with Crippen molar-refractivity contribution in [2.45, 2.75) is 18.4 Å². The van der Waals surface area contributed by atoms with E-state index in [-0.39, 0.29) is 24.2 Å². The van der Waals surface area contributed by atoms with Crippen molar-refractivity contribution < 1.29 is 23.5 Å². The number of hydrogen-bond acceptors (Lipinski definition) is 4. The molecule has 2 saturated heterocycles. The van der Waals surface area contributed by atoms with Gasteiger partial charge in [0, 0.05) is 24.3 Å². The summed E-state index contributed by atoms with van der Waals surface area (Å²) in [4.78, 5) is 28.6. The van der Waals surface area contributed by atoms with Crippen LogP contribution in [0.2, 0.25) is 0 Å². The third-order valence-electron chi connectivity index (χ3n) is 5.65. The summed E-state index contributed by atoms with van der Waals surface area (Å²) in [5, 5.41) is 0. The standard InChI is InChI=1S/C22H23FN2O4/c1-28-19-7-2-4-16(12-19)21(27)24-10-8-22(9-11-24)15-25(20(26)14-29-22)18-6-3-5-17(23)13-18/h2-7,12-13H,8-11,14-15H2,1H3. The SMILES string of the molecule is COc1cccc(C(=O)N2CCC3(CC2)CN(c2cccc(F)c2)C(=O)CO3)c1. The summed E-state index contributed by atoms with van der Waals surface area (Å²) >= 11 is 0. The van der Waals surface area contributed by atoms with Crippen LogP contribution in [0.25, 0.3) is 0 Å². The maximum atomic E-state index is 13.6. The fraction of sp³-hybridized carbons (Fsp3) is 0.364. The van der Waals surface area contributed by atoms with Crippen LogP contribution in [0.15, 0.2) is 48.5 Å². The maximum absolute atomic E-state index is 13.6. The van der Waals surface area contributed by atoms with Gasteiger partial charge in [0.15, 0.2) is 0 Å². The molecule has 0 radical (unpaired) electrons. The molecule has 29 heavy (non-hydrogen) atoms. The molecule has 0 aromatic heterocycles. The summed E-state index contributed by atoms with van der Waals surface area (Å²) in [5.41, 5.74) is 0.597. The molecule has 1 spiro atoms. The number of carbonyl (C=O) groups excluding carboxylic acids is 2. The number of nitrogens with zero attached hydrogens (tertiary/aromatic N) is 2. The maximum Gasteiger partial charge on any atom is 0.253 e. The second kappa shape index (κ2) is 7.83. The lowest BCUT2D eigenvalue weighted by molar-refractivity contribution is -0.143. The van der Waals surface area contributed by atoms with Crippen LogP contribution in [0.3, 0.4) is 0 Å². The van der Waals surface area contributed by atoms with Crippen LogP contribution in [0.4, 0.5) is 10.1 Å². The number of hydrogen-bond donors (Lipinski definition) is 0. The molecular formula is C22H23FN2O4. The van der Waals surface area contributed by atoms with Crippen molar-refractivity contribution in [3.8, 4) is 5.75 Å². The summed E-state index contributed by atoms with van der Waals surface area (Å²) in [6, 6.07) is 13.1. The van der Waals surface area contributed by atoms with Gasteiger partial charge < -0.3 is 19.3 Å². The zero-order valence-corrected chi connectivity index (χ0v) is 16.3. The first-order valence-corrected chi connectivity index (χ1v) is 9.63. The van der Waals surface area contributed by atoms with E-state index in [1.165, 1.54) is 12.1 Å². The number of methoxy groups -OCH3 is 1. The fourth-order valence-corrected chi connectivity index (χ4v) is 3.95. The summed E-state index contributed by atoms with van der Waals surface area (Å²) in [6.07, 6.45) is 1.23. The van der Waals surface area contributed by atoms with Crippen molar-refractivity contribution in [1.29, 1.82) is 0 Å². The predicted octanol–water partition coefficient (Wildman–Crippen LogP) is 2.87. The van der Waals surface area contributed by atoms with Gasteiger partial charge in [-0.1, -0.05) is 12.1 Å². The van der Waals surface area contributed by atoms with Gasteiger partial charge in [-0.15, -0.1) is 0 Å². The Balaban J connectivity index is 1.45. The monoisotopic (exact) mass is 398 g/mol. The second-order valence-corrected chi connectivity index (χ2v) is 7.46. The van der Waals surface area contributed by atoms with Gasteiger partial charge in [-0.05, 0) is 49.2 Å². The summed E-state index contributed by atoms with van der Waals surface area (Å²) < 4.78 is 24.7. The van der Waals surface area contributed by atoms with Crippen molar-refractivity contribution >= 4 is 17.5 Å². The Kier molecular flexibility index (Phi) is 5.24. The Bertz CT molecular complexity index is 925. The molecule has 0 saturated carbocycles. The molecule has 6 nitrogen and oxygen atoms in total. The molecule has 0 atom stereocenters. The Labute approximate surface area is 168 Å². The first-order chi connectivity index (χ1) is 14.0. The third kappa shape index (κ3) is 3.96. The van der Waals surface area contributed by atoms with Crippen LogP contribution in [0.5, 0.6) is 5.75 Å².